The van der Waals surface area contributed by atoms with Gasteiger partial charge in [0.05, 0.1) is 6.61 Å². The molecule has 1 rings (SSSR count). The third-order valence-corrected chi connectivity index (χ3v) is 3.81. The Hall–Kier alpha value is -0.661. The predicted molar refractivity (Wildman–Crippen MR) is 86.5 cm³/mol. The summed E-state index contributed by atoms with van der Waals surface area (Å²) in [6, 6.07) is 0. The van der Waals surface area contributed by atoms with Crippen LogP contribution in [0.25, 0.3) is 0 Å². The van der Waals surface area contributed by atoms with Crippen LogP contribution in [0.4, 0.5) is 0 Å². The first-order chi connectivity index (χ1) is 10.2. The second-order valence-corrected chi connectivity index (χ2v) is 5.51. The average molecular weight is 415 g/mol. The van der Waals surface area contributed by atoms with E-state index in [9.17, 15) is 4.79 Å². The maximum Gasteiger partial charge on any atom is 0.319 e. The zero-order valence-electron chi connectivity index (χ0n) is 14.0. The number of aromatic amines is 1. The Balaban J connectivity index is 0.00000441. The summed E-state index contributed by atoms with van der Waals surface area (Å²) in [6.45, 7) is 6.77. The van der Waals surface area contributed by atoms with Crippen LogP contribution in [0.15, 0.2) is 0 Å². The van der Waals surface area contributed by atoms with Gasteiger partial charge in [0.25, 0.3) is 0 Å². The number of hydrogen-bond donors (Lipinski definition) is 1. The summed E-state index contributed by atoms with van der Waals surface area (Å²) in [5.41, 5.74) is -0.743. The summed E-state index contributed by atoms with van der Waals surface area (Å²) in [5, 5.41) is 14.3. The fourth-order valence-corrected chi connectivity index (χ4v) is 2.41. The van der Waals surface area contributed by atoms with E-state index in [2.05, 4.69) is 41.4 Å². The van der Waals surface area contributed by atoms with Crippen LogP contribution in [0.3, 0.4) is 0 Å². The molecule has 0 aliphatic heterocycles. The minimum Gasteiger partial charge on any atom is -0.465 e. The molecule has 0 amide bonds. The summed E-state index contributed by atoms with van der Waals surface area (Å²) in [7, 11) is 0. The van der Waals surface area contributed by atoms with Crippen molar-refractivity contribution in [1.82, 2.24) is 20.6 Å². The number of esters is 1. The Morgan fingerprint density at radius 3 is 2.14 bits per heavy atom. The Morgan fingerprint density at radius 1 is 1.09 bits per heavy atom. The van der Waals surface area contributed by atoms with E-state index in [0.717, 1.165) is 38.5 Å². The number of tetrazole rings is 1. The van der Waals surface area contributed by atoms with E-state index in [1.54, 1.807) is 0 Å². The van der Waals surface area contributed by atoms with Gasteiger partial charge in [-0.05, 0) is 19.3 Å². The van der Waals surface area contributed by atoms with Crippen LogP contribution in [-0.4, -0.2) is 57.1 Å². The van der Waals surface area contributed by atoms with Crippen LogP contribution in [0.2, 0.25) is 0 Å². The number of carbonyl (C=O) groups excluding carboxylic acids is 1. The molecular weight excluding hydrogens is 387 g/mol. The Bertz CT molecular complexity index is 390. The van der Waals surface area contributed by atoms with Crippen molar-refractivity contribution < 1.29 is 9.53 Å². The third kappa shape index (κ3) is 5.85. The van der Waals surface area contributed by atoms with E-state index in [4.69, 9.17) is 4.74 Å². The first-order valence-electron chi connectivity index (χ1n) is 8.12. The van der Waals surface area contributed by atoms with Gasteiger partial charge < -0.3 is 4.74 Å². The number of aromatic nitrogens is 4. The van der Waals surface area contributed by atoms with Gasteiger partial charge in [-0.15, -0.1) is 10.2 Å². The van der Waals surface area contributed by atoms with Gasteiger partial charge in [-0.25, -0.2) is 0 Å². The Labute approximate surface area is 150 Å². The molecule has 0 atom stereocenters. The molecule has 0 aliphatic rings. The number of carbonyl (C=O) groups is 1. The minimum atomic E-state index is -0.743. The van der Waals surface area contributed by atoms with Crippen molar-refractivity contribution in [1.29, 1.82) is 0 Å². The van der Waals surface area contributed by atoms with E-state index >= 15 is 0 Å². The van der Waals surface area contributed by atoms with Crippen molar-refractivity contribution in [2.24, 2.45) is 0 Å². The van der Waals surface area contributed by atoms with E-state index in [1.807, 2.05) is 0 Å². The maximum atomic E-state index is 12.7. The van der Waals surface area contributed by atoms with Crippen LogP contribution in [0.1, 0.15) is 78.0 Å². The van der Waals surface area contributed by atoms with Gasteiger partial charge in [0.1, 0.15) is 5.41 Å². The molecule has 0 aromatic carbocycles. The summed E-state index contributed by atoms with van der Waals surface area (Å²) < 4.78 is 5.51. The van der Waals surface area contributed by atoms with E-state index < -0.39 is 5.41 Å². The zero-order chi connectivity index (χ0) is 15.6. The van der Waals surface area contributed by atoms with Crippen LogP contribution in [0.5, 0.6) is 0 Å². The monoisotopic (exact) mass is 416 g/mol. The molecule has 6 nitrogen and oxygen atoms in total. The average Bonchev–Trinajstić information content (AvgIpc) is 3.02. The molecule has 0 saturated carbocycles. The largest absolute Gasteiger partial charge is 0.465 e. The van der Waals surface area contributed by atoms with Crippen molar-refractivity contribution in [3.63, 3.8) is 0 Å². The van der Waals surface area contributed by atoms with E-state index in [-0.39, 0.29) is 29.9 Å². The fourth-order valence-electron chi connectivity index (χ4n) is 2.41. The number of nitrogens with one attached hydrogen (secondary N) is 1. The number of hydrogen-bond acceptors (Lipinski definition) is 5. The molecule has 0 saturated heterocycles. The van der Waals surface area contributed by atoms with Gasteiger partial charge >= 0.3 is 5.97 Å². The molecule has 22 heavy (non-hydrogen) atoms. The van der Waals surface area contributed by atoms with Gasteiger partial charge in [-0.2, -0.15) is 5.21 Å². The molecule has 0 spiro atoms. The number of ether oxygens (including phenoxy) is 1. The maximum absolute atomic E-state index is 12.7. The van der Waals surface area contributed by atoms with Gasteiger partial charge in [-0.1, -0.05) is 58.1 Å². The van der Waals surface area contributed by atoms with Crippen molar-refractivity contribution >= 4 is 29.9 Å². The second-order valence-electron chi connectivity index (χ2n) is 5.51. The van der Waals surface area contributed by atoms with Crippen molar-refractivity contribution in [3.05, 3.63) is 5.82 Å². The topological polar surface area (TPSA) is 80.8 Å². The summed E-state index contributed by atoms with van der Waals surface area (Å²) >= 11 is 0. The standard InChI is InChI=1S/C15H28N4O2.Sn/c1-4-7-10-15(11-8-5-2,13-16-18-19-17-13)14(20)21-12-9-6-3;/h4-12H2,1-3H3,(H,16,17,18,19);. The molecule has 1 aromatic heterocycles. The van der Waals surface area contributed by atoms with Crippen LogP contribution >= 0.6 is 0 Å². The smallest absolute Gasteiger partial charge is 0.319 e. The normalized spacial score (nSPS) is 11.0. The van der Waals surface area contributed by atoms with Crippen molar-refractivity contribution in [3.8, 4) is 0 Å². The Morgan fingerprint density at radius 2 is 1.68 bits per heavy atom. The first kappa shape index (κ1) is 21.3. The predicted octanol–water partition coefficient (Wildman–Crippen LogP) is 2.78. The minimum absolute atomic E-state index is 0. The van der Waals surface area contributed by atoms with Crippen molar-refractivity contribution in [2.75, 3.05) is 6.61 Å². The second kappa shape index (κ2) is 11.8. The molecule has 0 aliphatic carbocycles. The van der Waals surface area contributed by atoms with E-state index in [1.165, 1.54) is 0 Å². The fraction of sp³-hybridized carbons (Fsp3) is 0.867. The number of rotatable bonds is 11. The zero-order valence-corrected chi connectivity index (χ0v) is 16.9. The van der Waals surface area contributed by atoms with Gasteiger partial charge in [0, 0.05) is 23.9 Å². The molecule has 1 aromatic rings. The third-order valence-electron chi connectivity index (χ3n) is 3.81. The van der Waals surface area contributed by atoms with Crippen molar-refractivity contribution in [2.45, 2.75) is 77.6 Å². The quantitative estimate of drug-likeness (QED) is 0.342. The first-order valence-corrected chi connectivity index (χ1v) is 8.12. The molecule has 1 N–H and O–H groups in total. The molecule has 7 heteroatoms. The molecule has 124 valence electrons. The summed E-state index contributed by atoms with van der Waals surface area (Å²) in [4.78, 5) is 12.7. The molecule has 0 unspecified atom stereocenters. The number of nitrogens with zero attached hydrogens (tertiary/aromatic N) is 3. The van der Waals surface area contributed by atoms with Crippen LogP contribution < -0.4 is 0 Å². The van der Waals surface area contributed by atoms with Gasteiger partial charge in [-0.3, -0.25) is 4.79 Å². The Kier molecular flexibility index (Phi) is 11.5. The molecular formula is C15H28N4O2Sn. The SMILES string of the molecule is CCCCOC(=O)C(CCCC)(CCCC)c1nn[nH]n1.[Sn]. The number of unbranched alkanes of at least 4 members (excludes halogenated alkanes) is 3. The van der Waals surface area contributed by atoms with Gasteiger partial charge in [0.2, 0.25) is 0 Å². The molecule has 4 radical (unpaired) electrons. The molecule has 0 fully saturated rings. The van der Waals surface area contributed by atoms with E-state index in [0.29, 0.717) is 25.3 Å². The molecule has 0 bridgehead atoms. The van der Waals surface area contributed by atoms with Crippen LogP contribution in [0, 0.1) is 0 Å². The van der Waals surface area contributed by atoms with Crippen LogP contribution in [-0.2, 0) is 14.9 Å². The summed E-state index contributed by atoms with van der Waals surface area (Å²) in [6.07, 6.45) is 7.26. The number of H-pyrrole nitrogens is 1. The summed E-state index contributed by atoms with van der Waals surface area (Å²) in [5.74, 6) is 0.283. The molecule has 1 heterocycles. The van der Waals surface area contributed by atoms with Gasteiger partial charge in [0.15, 0.2) is 5.82 Å².